The number of aliphatic carboxylic acids is 1. The van der Waals surface area contributed by atoms with E-state index in [9.17, 15) is 32.5 Å². The van der Waals surface area contributed by atoms with E-state index in [-0.39, 0.29) is 34.5 Å². The topological polar surface area (TPSA) is 256 Å². The molecule has 2 aromatic rings. The van der Waals surface area contributed by atoms with Crippen molar-refractivity contribution >= 4 is 50.3 Å². The largest absolute Gasteiger partial charge is 0.478 e. The van der Waals surface area contributed by atoms with Crippen molar-refractivity contribution in [2.75, 3.05) is 18.8 Å². The third kappa shape index (κ3) is 6.00. The van der Waals surface area contributed by atoms with Crippen molar-refractivity contribution in [1.29, 1.82) is 0 Å². The van der Waals surface area contributed by atoms with E-state index in [1.54, 1.807) is 0 Å². The van der Waals surface area contributed by atoms with Crippen molar-refractivity contribution < 1.29 is 37.3 Å². The summed E-state index contributed by atoms with van der Waals surface area (Å²) >= 11 is 0.990. The molecule has 2 aromatic heterocycles. The molecule has 2 saturated heterocycles. The molecule has 1 saturated carbocycles. The molecule has 5 rings (SSSR count). The number of nitrogens with one attached hydrogen (secondary N) is 3. The first-order valence-electron chi connectivity index (χ1n) is 12.6. The molecule has 0 bridgehead atoms. The number of hydrogen-bond donors (Lipinski definition) is 6. The molecule has 0 aromatic carbocycles. The van der Waals surface area contributed by atoms with Gasteiger partial charge in [0.15, 0.2) is 10.8 Å². The number of amides is 2. The van der Waals surface area contributed by atoms with E-state index in [0.29, 0.717) is 31.1 Å². The average molecular weight is 613 g/mol. The van der Waals surface area contributed by atoms with Gasteiger partial charge in [0.2, 0.25) is 5.60 Å². The number of nitrogens with zero attached hydrogens (tertiary/aromatic N) is 6. The van der Waals surface area contributed by atoms with Gasteiger partial charge in [0.1, 0.15) is 17.8 Å². The first kappa shape index (κ1) is 28.8. The number of thiazole rings is 1. The minimum absolute atomic E-state index is 0.0361. The molecule has 0 spiro atoms. The molecule has 18 nitrogen and oxygen atoms in total. The predicted molar refractivity (Wildman–Crippen MR) is 141 cm³/mol. The minimum atomic E-state index is -4.97. The maximum atomic E-state index is 13.3. The van der Waals surface area contributed by atoms with E-state index >= 15 is 0 Å². The lowest BCUT2D eigenvalue weighted by Crippen LogP contribution is -2.73. The normalized spacial score (nSPS) is 22.7. The zero-order valence-electron chi connectivity index (χ0n) is 21.5. The monoisotopic (exact) mass is 612 g/mol. The van der Waals surface area contributed by atoms with Crippen LogP contribution in [0.25, 0.3) is 0 Å². The molecular formula is C21H28N10O8S2. The highest BCUT2D eigenvalue weighted by molar-refractivity contribution is 7.84. The van der Waals surface area contributed by atoms with Crippen molar-refractivity contribution in [1.82, 2.24) is 40.2 Å². The standard InChI is InChI=1S/C21H28N10O8S2/c22-20-26-13(10-40-20)15(29-39-21(19(34)35)3-1-2-4-21)17(32)27-16-14(31(18(16)33)41(36,37)38)9-30-25-8-12(28-30)7-24-11-5-23-6-11/h8,10-11,14,16,23-24H,1-7,9H2,(H2,22,26)(H,27,32)(H,34,35)(H,36,37,38)/b29-15-/t14-,16+/m1/s1. The third-order valence-corrected chi connectivity index (χ3v) is 8.71. The number of carbonyl (C=O) groups excluding carboxylic acids is 2. The maximum absolute atomic E-state index is 13.3. The number of oxime groups is 1. The summed E-state index contributed by atoms with van der Waals surface area (Å²) < 4.78 is 33.8. The Kier molecular flexibility index (Phi) is 7.92. The molecule has 2 atom stereocenters. The van der Waals surface area contributed by atoms with Gasteiger partial charge in [-0.1, -0.05) is 5.16 Å². The van der Waals surface area contributed by atoms with Gasteiger partial charge >= 0.3 is 16.3 Å². The van der Waals surface area contributed by atoms with Crippen LogP contribution in [0.2, 0.25) is 0 Å². The second-order valence-electron chi connectivity index (χ2n) is 9.87. The van der Waals surface area contributed by atoms with Gasteiger partial charge in [0, 0.05) is 43.9 Å². The van der Waals surface area contributed by atoms with Crippen LogP contribution in [0.5, 0.6) is 0 Å². The highest BCUT2D eigenvalue weighted by atomic mass is 32.2. The van der Waals surface area contributed by atoms with Gasteiger partial charge < -0.3 is 31.6 Å². The number of carboxylic acids is 1. The Morgan fingerprint density at radius 3 is 2.63 bits per heavy atom. The van der Waals surface area contributed by atoms with Crippen LogP contribution in [-0.4, -0.2) is 103 Å². The van der Waals surface area contributed by atoms with Crippen molar-refractivity contribution in [3.63, 3.8) is 0 Å². The fraction of sp³-hybridized carbons (Fsp3) is 0.571. The van der Waals surface area contributed by atoms with Crippen LogP contribution in [0.15, 0.2) is 16.7 Å². The fourth-order valence-corrected chi connectivity index (χ4v) is 6.15. The van der Waals surface area contributed by atoms with Crippen molar-refractivity contribution in [3.05, 3.63) is 23.0 Å². The molecule has 3 fully saturated rings. The predicted octanol–water partition coefficient (Wildman–Crippen LogP) is -2.31. The number of hydrogen-bond acceptors (Lipinski definition) is 14. The molecule has 0 radical (unpaired) electrons. The van der Waals surface area contributed by atoms with Gasteiger partial charge in [0.25, 0.3) is 11.8 Å². The number of carboxylic acid groups (broad SMARTS) is 1. The summed E-state index contributed by atoms with van der Waals surface area (Å²) in [4.78, 5) is 48.5. The number of anilines is 1. The number of rotatable bonds is 12. The average Bonchev–Trinajstić information content (AvgIpc) is 3.63. The molecule has 7 N–H and O–H groups in total. The lowest BCUT2D eigenvalue weighted by atomic mass is 9.98. The van der Waals surface area contributed by atoms with Crippen LogP contribution < -0.4 is 21.7 Å². The summed E-state index contributed by atoms with van der Waals surface area (Å²) in [5, 5.41) is 32.2. The van der Waals surface area contributed by atoms with E-state index in [2.05, 4.69) is 36.3 Å². The number of β-lactam (4-membered cyclic amide) rings is 1. The zero-order valence-corrected chi connectivity index (χ0v) is 23.1. The van der Waals surface area contributed by atoms with E-state index in [1.807, 2.05) is 0 Å². The Morgan fingerprint density at radius 1 is 1.32 bits per heavy atom. The maximum Gasteiger partial charge on any atom is 0.362 e. The molecule has 20 heteroatoms. The van der Waals surface area contributed by atoms with Gasteiger partial charge in [-0.3, -0.25) is 14.1 Å². The number of nitrogen functional groups attached to an aromatic ring is 1. The van der Waals surface area contributed by atoms with Gasteiger partial charge in [-0.25, -0.2) is 14.1 Å². The number of carbonyl (C=O) groups is 3. The Morgan fingerprint density at radius 2 is 2.05 bits per heavy atom. The molecule has 4 heterocycles. The zero-order chi connectivity index (χ0) is 29.4. The van der Waals surface area contributed by atoms with E-state index in [1.165, 1.54) is 11.6 Å². The van der Waals surface area contributed by atoms with Crippen molar-refractivity contribution in [2.45, 2.75) is 62.5 Å². The molecular weight excluding hydrogens is 584 g/mol. The van der Waals surface area contributed by atoms with E-state index in [0.717, 1.165) is 29.2 Å². The second kappa shape index (κ2) is 11.3. The Hall–Kier alpha value is -3.72. The first-order chi connectivity index (χ1) is 19.5. The van der Waals surface area contributed by atoms with Gasteiger partial charge in [0.05, 0.1) is 18.4 Å². The Balaban J connectivity index is 1.34. The number of nitrogens with two attached hydrogens (primary N) is 1. The van der Waals surface area contributed by atoms with Crippen LogP contribution in [0.3, 0.4) is 0 Å². The lowest BCUT2D eigenvalue weighted by Gasteiger charge is -2.43. The number of aromatic nitrogens is 4. The summed E-state index contributed by atoms with van der Waals surface area (Å²) in [6.07, 6.45) is 3.01. The molecule has 0 unspecified atom stereocenters. The quantitative estimate of drug-likeness (QED) is 0.0637. The van der Waals surface area contributed by atoms with E-state index in [4.69, 9.17) is 10.6 Å². The summed E-state index contributed by atoms with van der Waals surface area (Å²) in [5.41, 5.74) is 4.14. The molecule has 2 aliphatic heterocycles. The minimum Gasteiger partial charge on any atom is -0.478 e. The second-order valence-corrected chi connectivity index (χ2v) is 12.0. The van der Waals surface area contributed by atoms with Gasteiger partial charge in [-0.15, -0.1) is 11.3 Å². The van der Waals surface area contributed by atoms with E-state index < -0.39 is 51.5 Å². The molecule has 3 aliphatic rings. The summed E-state index contributed by atoms with van der Waals surface area (Å²) in [7, 11) is -4.97. The summed E-state index contributed by atoms with van der Waals surface area (Å²) in [6, 6.07) is -2.42. The Bertz CT molecular complexity index is 1460. The van der Waals surface area contributed by atoms with Crippen LogP contribution in [0.4, 0.5) is 5.13 Å². The van der Waals surface area contributed by atoms with Gasteiger partial charge in [-0.05, 0) is 12.8 Å². The van der Waals surface area contributed by atoms with Crippen molar-refractivity contribution in [2.24, 2.45) is 5.16 Å². The molecule has 222 valence electrons. The summed E-state index contributed by atoms with van der Waals surface area (Å²) in [5.74, 6) is -3.34. The smallest absolute Gasteiger partial charge is 0.362 e. The van der Waals surface area contributed by atoms with Crippen LogP contribution in [0, 0.1) is 0 Å². The summed E-state index contributed by atoms with van der Waals surface area (Å²) in [6.45, 7) is 1.77. The highest BCUT2D eigenvalue weighted by Gasteiger charge is 2.55. The molecule has 1 aliphatic carbocycles. The van der Waals surface area contributed by atoms with Crippen molar-refractivity contribution in [3.8, 4) is 0 Å². The fourth-order valence-electron chi connectivity index (χ4n) is 4.73. The molecule has 2 amide bonds. The Labute approximate surface area is 237 Å². The van der Waals surface area contributed by atoms with Gasteiger partial charge in [-0.2, -0.15) is 23.4 Å². The third-order valence-electron chi connectivity index (χ3n) is 7.08. The van der Waals surface area contributed by atoms with Crippen LogP contribution in [-0.2, 0) is 42.6 Å². The molecule has 41 heavy (non-hydrogen) atoms. The lowest BCUT2D eigenvalue weighted by molar-refractivity contribution is -0.165. The SMILES string of the molecule is Nc1nc(/C(=N/OC2(C(=O)O)CCCC2)C(=O)N[C@@H]2C(=O)N(S(=O)(=O)O)[C@@H]2Cn2ncc(CNC3CNC3)n2)cs1. The van der Waals surface area contributed by atoms with Crippen LogP contribution >= 0.6 is 11.3 Å². The van der Waals surface area contributed by atoms with Crippen LogP contribution in [0.1, 0.15) is 37.1 Å². The first-order valence-corrected chi connectivity index (χ1v) is 14.9. The highest BCUT2D eigenvalue weighted by Crippen LogP contribution is 2.34.